The fraction of sp³-hybridized carbons (Fsp3) is 0.278. The number of nitrogens with one attached hydrogen (secondary N) is 2. The zero-order valence-electron chi connectivity index (χ0n) is 14.3. The highest BCUT2D eigenvalue weighted by Crippen LogP contribution is 2.37. The highest BCUT2D eigenvalue weighted by atomic mass is 32.1. The van der Waals surface area contributed by atoms with Crippen LogP contribution in [0.15, 0.2) is 24.3 Å². The Morgan fingerprint density at radius 3 is 2.65 bits per heavy atom. The van der Waals surface area contributed by atoms with Crippen molar-refractivity contribution in [1.29, 1.82) is 0 Å². The molecular formula is C18H19N5O2S. The van der Waals surface area contributed by atoms with Gasteiger partial charge in [0.05, 0.1) is 12.1 Å². The van der Waals surface area contributed by atoms with Crippen LogP contribution < -0.4 is 16.4 Å². The lowest BCUT2D eigenvalue weighted by molar-refractivity contribution is 0.1000. The van der Waals surface area contributed by atoms with Gasteiger partial charge in [0, 0.05) is 23.7 Å². The van der Waals surface area contributed by atoms with E-state index in [1.54, 1.807) is 24.3 Å². The van der Waals surface area contributed by atoms with Gasteiger partial charge < -0.3 is 11.1 Å². The van der Waals surface area contributed by atoms with Crippen molar-refractivity contribution >= 4 is 39.7 Å². The maximum absolute atomic E-state index is 12.3. The minimum absolute atomic E-state index is 0.416. The minimum atomic E-state index is -0.524. The molecule has 0 saturated carbocycles. The first-order valence-electron chi connectivity index (χ1n) is 8.24. The van der Waals surface area contributed by atoms with Gasteiger partial charge >= 0.3 is 6.03 Å². The number of amides is 3. The molecule has 3 rings (SSSR count). The number of rotatable bonds is 4. The Kier molecular flexibility index (Phi) is 5.21. The molecule has 0 spiro atoms. The first kappa shape index (κ1) is 17.9. The number of urea groups is 1. The molecule has 1 aromatic heterocycles. The lowest BCUT2D eigenvalue weighted by Gasteiger charge is -2.25. The molecule has 1 aromatic carbocycles. The second kappa shape index (κ2) is 7.56. The van der Waals surface area contributed by atoms with Crippen molar-refractivity contribution in [3.63, 3.8) is 0 Å². The summed E-state index contributed by atoms with van der Waals surface area (Å²) in [5, 5.41) is 5.93. The normalized spacial score (nSPS) is 13.5. The van der Waals surface area contributed by atoms with E-state index >= 15 is 0 Å². The number of benzene rings is 1. The summed E-state index contributed by atoms with van der Waals surface area (Å²) in [6, 6.07) is 6.11. The monoisotopic (exact) mass is 369 g/mol. The smallest absolute Gasteiger partial charge is 0.324 e. The third-order valence-corrected chi connectivity index (χ3v) is 5.44. The molecule has 0 saturated heterocycles. The summed E-state index contributed by atoms with van der Waals surface area (Å²) < 4.78 is 0. The molecule has 26 heavy (non-hydrogen) atoms. The standard InChI is InChI=1S/C18H19N5O2S/c1-3-23-9-8-13-14(10-23)26-17(15(13)16(19)24)22-18(25)21-12-6-4-11(20-2)5-7-12/h4-7H,3,8-10H2,1H3,(H2,19,24)(H2,21,22,25). The molecule has 134 valence electrons. The molecule has 2 heterocycles. The van der Waals surface area contributed by atoms with E-state index in [0.717, 1.165) is 36.5 Å². The van der Waals surface area contributed by atoms with Gasteiger partial charge in [-0.1, -0.05) is 19.1 Å². The molecule has 0 aliphatic carbocycles. The van der Waals surface area contributed by atoms with Crippen molar-refractivity contribution in [2.75, 3.05) is 23.7 Å². The van der Waals surface area contributed by atoms with Gasteiger partial charge in [-0.25, -0.2) is 9.64 Å². The zero-order valence-corrected chi connectivity index (χ0v) is 15.2. The lowest BCUT2D eigenvalue weighted by atomic mass is 10.0. The number of hydrogen-bond donors (Lipinski definition) is 3. The van der Waals surface area contributed by atoms with Crippen LogP contribution in [0.3, 0.4) is 0 Å². The average molecular weight is 369 g/mol. The molecule has 0 bridgehead atoms. The maximum atomic E-state index is 12.3. The average Bonchev–Trinajstić information content (AvgIpc) is 2.99. The number of primary amides is 1. The number of carbonyl (C=O) groups excluding carboxylic acids is 2. The number of carbonyl (C=O) groups is 2. The summed E-state index contributed by atoms with van der Waals surface area (Å²) in [6.45, 7) is 11.6. The van der Waals surface area contributed by atoms with Crippen LogP contribution in [0.5, 0.6) is 0 Å². The van der Waals surface area contributed by atoms with Gasteiger partial charge in [0.1, 0.15) is 5.00 Å². The van der Waals surface area contributed by atoms with E-state index in [0.29, 0.717) is 21.9 Å². The molecule has 1 aliphatic rings. The fourth-order valence-electron chi connectivity index (χ4n) is 2.96. The molecule has 1 aliphatic heterocycles. The van der Waals surface area contributed by atoms with E-state index < -0.39 is 11.9 Å². The fourth-order valence-corrected chi connectivity index (χ4v) is 4.25. The molecular weight excluding hydrogens is 350 g/mol. The van der Waals surface area contributed by atoms with Gasteiger partial charge in [0.2, 0.25) is 0 Å². The van der Waals surface area contributed by atoms with E-state index in [-0.39, 0.29) is 0 Å². The highest BCUT2D eigenvalue weighted by molar-refractivity contribution is 7.17. The summed E-state index contributed by atoms with van der Waals surface area (Å²) in [7, 11) is 0. The van der Waals surface area contributed by atoms with E-state index in [1.165, 1.54) is 11.3 Å². The van der Waals surface area contributed by atoms with Crippen LogP contribution in [0.1, 0.15) is 27.7 Å². The molecule has 3 amide bonds. The second-order valence-corrected chi connectivity index (χ2v) is 7.03. The summed E-state index contributed by atoms with van der Waals surface area (Å²) in [4.78, 5) is 30.9. The number of hydrogen-bond acceptors (Lipinski definition) is 4. The van der Waals surface area contributed by atoms with Gasteiger partial charge in [0.25, 0.3) is 5.91 Å². The summed E-state index contributed by atoms with van der Waals surface area (Å²) >= 11 is 1.40. The molecule has 2 aromatic rings. The quantitative estimate of drug-likeness (QED) is 0.721. The third kappa shape index (κ3) is 3.69. The number of nitrogens with two attached hydrogens (primary N) is 1. The highest BCUT2D eigenvalue weighted by Gasteiger charge is 2.27. The molecule has 0 unspecified atom stereocenters. The Morgan fingerprint density at radius 2 is 2.04 bits per heavy atom. The molecule has 8 heteroatoms. The van der Waals surface area contributed by atoms with Crippen LogP contribution in [0, 0.1) is 6.57 Å². The van der Waals surface area contributed by atoms with E-state index in [4.69, 9.17) is 12.3 Å². The Hall–Kier alpha value is -2.89. The molecule has 0 atom stereocenters. The minimum Gasteiger partial charge on any atom is -0.365 e. The summed E-state index contributed by atoms with van der Waals surface area (Å²) in [5.41, 5.74) is 7.99. The number of fused-ring (bicyclic) bond motifs is 1. The Labute approximate surface area is 155 Å². The lowest BCUT2D eigenvalue weighted by Crippen LogP contribution is -2.30. The first-order chi connectivity index (χ1) is 12.5. The van der Waals surface area contributed by atoms with E-state index in [1.807, 2.05) is 0 Å². The van der Waals surface area contributed by atoms with Crippen molar-refractivity contribution in [2.45, 2.75) is 19.9 Å². The van der Waals surface area contributed by atoms with Gasteiger partial charge in [-0.3, -0.25) is 15.0 Å². The van der Waals surface area contributed by atoms with Crippen LogP contribution in [-0.2, 0) is 13.0 Å². The summed E-state index contributed by atoms with van der Waals surface area (Å²) in [5.74, 6) is -0.524. The van der Waals surface area contributed by atoms with Crippen LogP contribution in [0.2, 0.25) is 0 Å². The predicted molar refractivity (Wildman–Crippen MR) is 103 cm³/mol. The molecule has 0 radical (unpaired) electrons. The van der Waals surface area contributed by atoms with Gasteiger partial charge in [-0.05, 0) is 30.7 Å². The largest absolute Gasteiger partial charge is 0.365 e. The van der Waals surface area contributed by atoms with Crippen molar-refractivity contribution in [3.8, 4) is 0 Å². The summed E-state index contributed by atoms with van der Waals surface area (Å²) in [6.07, 6.45) is 0.749. The molecule has 0 fully saturated rings. The zero-order chi connectivity index (χ0) is 18.7. The van der Waals surface area contributed by atoms with E-state index in [9.17, 15) is 9.59 Å². The Balaban J connectivity index is 1.78. The second-order valence-electron chi connectivity index (χ2n) is 5.93. The van der Waals surface area contributed by atoms with Gasteiger partial charge in [-0.15, -0.1) is 11.3 Å². The molecule has 4 N–H and O–H groups in total. The topological polar surface area (TPSA) is 91.8 Å². The SMILES string of the molecule is [C-]#[N+]c1ccc(NC(=O)Nc2sc3c(c2C(N)=O)CCN(CC)C3)cc1. The number of thiophene rings is 1. The van der Waals surface area contributed by atoms with Crippen LogP contribution in [-0.4, -0.2) is 29.9 Å². The van der Waals surface area contributed by atoms with Gasteiger partial charge in [0.15, 0.2) is 5.69 Å². The number of nitrogens with zero attached hydrogens (tertiary/aromatic N) is 2. The van der Waals surface area contributed by atoms with Gasteiger partial charge in [-0.2, -0.15) is 0 Å². The first-order valence-corrected chi connectivity index (χ1v) is 9.05. The van der Waals surface area contributed by atoms with Crippen LogP contribution in [0.4, 0.5) is 21.2 Å². The predicted octanol–water partition coefficient (Wildman–Crippen LogP) is 3.42. The van der Waals surface area contributed by atoms with Crippen molar-refractivity contribution in [1.82, 2.24) is 4.90 Å². The van der Waals surface area contributed by atoms with Crippen molar-refractivity contribution in [2.24, 2.45) is 5.73 Å². The van der Waals surface area contributed by atoms with E-state index in [2.05, 4.69) is 27.3 Å². The number of likely N-dealkylation sites (N-methyl/N-ethyl adjacent to an activating group) is 1. The Morgan fingerprint density at radius 1 is 1.31 bits per heavy atom. The van der Waals surface area contributed by atoms with Crippen molar-refractivity contribution in [3.05, 3.63) is 51.7 Å². The van der Waals surface area contributed by atoms with Crippen molar-refractivity contribution < 1.29 is 9.59 Å². The van der Waals surface area contributed by atoms with Crippen LogP contribution >= 0.6 is 11.3 Å². The number of anilines is 2. The Bertz CT molecular complexity index is 882. The molecule has 7 nitrogen and oxygen atoms in total. The third-order valence-electron chi connectivity index (χ3n) is 4.31. The maximum Gasteiger partial charge on any atom is 0.324 e. The van der Waals surface area contributed by atoms with Crippen LogP contribution in [0.25, 0.3) is 4.85 Å².